The van der Waals surface area contributed by atoms with Gasteiger partial charge >= 0.3 is 5.97 Å². The van der Waals surface area contributed by atoms with Gasteiger partial charge in [-0.1, -0.05) is 0 Å². The van der Waals surface area contributed by atoms with Crippen LogP contribution in [0.2, 0.25) is 0 Å². The lowest BCUT2D eigenvalue weighted by Gasteiger charge is -2.08. The molecule has 0 saturated heterocycles. The molecule has 1 rings (SSSR count). The summed E-state index contributed by atoms with van der Waals surface area (Å²) in [4.78, 5) is 18.9. The molecule has 0 saturated carbocycles. The molecule has 1 aromatic rings. The van der Waals surface area contributed by atoms with Gasteiger partial charge in [-0.05, 0) is 22.9 Å². The third kappa shape index (κ3) is 3.31. The van der Waals surface area contributed by atoms with Crippen molar-refractivity contribution in [1.29, 1.82) is 0 Å². The van der Waals surface area contributed by atoms with Gasteiger partial charge in [0.15, 0.2) is 5.82 Å². The smallest absolute Gasteiger partial charge is 0.325 e. The van der Waals surface area contributed by atoms with Crippen LogP contribution in [0, 0.1) is 0 Å². The quantitative estimate of drug-likeness (QED) is 0.412. The first kappa shape index (κ1) is 12.7. The van der Waals surface area contributed by atoms with Crippen LogP contribution in [-0.2, 0) is 9.53 Å². The molecule has 88 valence electrons. The monoisotopic (exact) mass is 289 g/mol. The minimum atomic E-state index is -0.352. The van der Waals surface area contributed by atoms with Crippen molar-refractivity contribution in [3.8, 4) is 0 Å². The highest BCUT2D eigenvalue weighted by molar-refractivity contribution is 9.10. The number of aromatic nitrogens is 2. The minimum Gasteiger partial charge on any atom is -0.465 e. The van der Waals surface area contributed by atoms with Crippen LogP contribution in [0.4, 0.5) is 11.6 Å². The number of nitrogens with one attached hydrogen (secondary N) is 2. The maximum atomic E-state index is 11.1. The number of carbonyl (C=O) groups is 1. The van der Waals surface area contributed by atoms with Gasteiger partial charge in [0, 0.05) is 0 Å². The Labute approximate surface area is 101 Å². The molecule has 0 atom stereocenters. The highest BCUT2D eigenvalue weighted by atomic mass is 79.9. The third-order valence-electron chi connectivity index (χ3n) is 1.63. The summed E-state index contributed by atoms with van der Waals surface area (Å²) in [7, 11) is 0. The van der Waals surface area contributed by atoms with E-state index in [0.717, 1.165) is 0 Å². The Morgan fingerprint density at radius 2 is 2.25 bits per heavy atom. The maximum absolute atomic E-state index is 11.1. The average molecular weight is 290 g/mol. The number of hydrogen-bond acceptors (Lipinski definition) is 7. The Morgan fingerprint density at radius 1 is 1.56 bits per heavy atom. The van der Waals surface area contributed by atoms with E-state index in [0.29, 0.717) is 22.7 Å². The summed E-state index contributed by atoms with van der Waals surface area (Å²) in [5.41, 5.74) is 2.39. The molecule has 0 unspecified atom stereocenters. The summed E-state index contributed by atoms with van der Waals surface area (Å²) < 4.78 is 5.32. The molecule has 0 amide bonds. The van der Waals surface area contributed by atoms with Gasteiger partial charge in [-0.15, -0.1) is 0 Å². The number of ether oxygens (including phenoxy) is 1. The molecule has 0 aliphatic heterocycles. The van der Waals surface area contributed by atoms with Crippen LogP contribution < -0.4 is 16.6 Å². The SMILES string of the molecule is CCOC(=O)CNc1ncnc(NN)c1Br. The summed E-state index contributed by atoms with van der Waals surface area (Å²) in [5.74, 6) is 5.78. The van der Waals surface area contributed by atoms with Gasteiger partial charge in [0.1, 0.15) is 23.2 Å². The summed E-state index contributed by atoms with van der Waals surface area (Å²) in [5, 5.41) is 2.80. The summed E-state index contributed by atoms with van der Waals surface area (Å²) in [6.07, 6.45) is 1.33. The van der Waals surface area contributed by atoms with Gasteiger partial charge in [0.05, 0.1) is 6.61 Å². The number of nitrogens with two attached hydrogens (primary N) is 1. The first-order valence-electron chi connectivity index (χ1n) is 4.55. The Balaban J connectivity index is 2.63. The van der Waals surface area contributed by atoms with Gasteiger partial charge in [-0.2, -0.15) is 0 Å². The lowest BCUT2D eigenvalue weighted by Crippen LogP contribution is -2.18. The third-order valence-corrected chi connectivity index (χ3v) is 2.38. The summed E-state index contributed by atoms with van der Waals surface area (Å²) in [6.45, 7) is 2.13. The lowest BCUT2D eigenvalue weighted by atomic mass is 10.5. The molecule has 0 aliphatic carbocycles. The van der Waals surface area contributed by atoms with E-state index in [-0.39, 0.29) is 12.5 Å². The topological polar surface area (TPSA) is 102 Å². The van der Waals surface area contributed by atoms with E-state index in [1.54, 1.807) is 6.92 Å². The Morgan fingerprint density at radius 3 is 2.88 bits per heavy atom. The zero-order valence-corrected chi connectivity index (χ0v) is 10.2. The number of anilines is 2. The fourth-order valence-electron chi connectivity index (χ4n) is 0.962. The molecule has 0 aromatic carbocycles. The number of nitrogen functional groups attached to an aromatic ring is 1. The molecule has 1 heterocycles. The normalized spacial score (nSPS) is 9.69. The second kappa shape index (κ2) is 6.23. The molecule has 0 bridgehead atoms. The van der Waals surface area contributed by atoms with Crippen LogP contribution in [0.5, 0.6) is 0 Å². The molecular weight excluding hydrogens is 278 g/mol. The first-order chi connectivity index (χ1) is 7.69. The fourth-order valence-corrected chi connectivity index (χ4v) is 1.42. The fraction of sp³-hybridized carbons (Fsp3) is 0.375. The van der Waals surface area contributed by atoms with E-state index in [1.165, 1.54) is 6.33 Å². The van der Waals surface area contributed by atoms with E-state index in [1.807, 2.05) is 0 Å². The van der Waals surface area contributed by atoms with Gasteiger partial charge in [-0.25, -0.2) is 15.8 Å². The molecule has 16 heavy (non-hydrogen) atoms. The van der Waals surface area contributed by atoms with Crippen molar-refractivity contribution in [1.82, 2.24) is 9.97 Å². The van der Waals surface area contributed by atoms with Crippen molar-refractivity contribution in [3.05, 3.63) is 10.8 Å². The van der Waals surface area contributed by atoms with Crippen LogP contribution in [0.25, 0.3) is 0 Å². The van der Waals surface area contributed by atoms with Gasteiger partial charge in [-0.3, -0.25) is 4.79 Å². The standard InChI is InChI=1S/C8H12BrN5O2/c1-2-16-5(15)3-11-7-6(9)8(14-10)13-4-12-7/h4H,2-3,10H2,1H3,(H2,11,12,13,14). The van der Waals surface area contributed by atoms with Crippen LogP contribution in [0.3, 0.4) is 0 Å². The lowest BCUT2D eigenvalue weighted by molar-refractivity contribution is -0.140. The van der Waals surface area contributed by atoms with Crippen LogP contribution >= 0.6 is 15.9 Å². The number of hydrogen-bond donors (Lipinski definition) is 3. The summed E-state index contributed by atoms with van der Waals surface area (Å²) in [6, 6.07) is 0. The van der Waals surface area contributed by atoms with E-state index in [2.05, 4.69) is 36.6 Å². The zero-order valence-electron chi connectivity index (χ0n) is 8.66. The van der Waals surface area contributed by atoms with Crippen molar-refractivity contribution < 1.29 is 9.53 Å². The number of esters is 1. The molecule has 8 heteroatoms. The van der Waals surface area contributed by atoms with Crippen molar-refractivity contribution in [2.45, 2.75) is 6.92 Å². The number of hydrazine groups is 1. The largest absolute Gasteiger partial charge is 0.465 e. The maximum Gasteiger partial charge on any atom is 0.325 e. The average Bonchev–Trinajstić information content (AvgIpc) is 2.28. The second-order valence-corrected chi connectivity index (χ2v) is 3.48. The highest BCUT2D eigenvalue weighted by Crippen LogP contribution is 2.25. The molecule has 0 aliphatic rings. The molecule has 4 N–H and O–H groups in total. The molecular formula is C8H12BrN5O2. The number of halogens is 1. The number of rotatable bonds is 5. The molecule has 7 nitrogen and oxygen atoms in total. The second-order valence-electron chi connectivity index (χ2n) is 2.69. The predicted molar refractivity (Wildman–Crippen MR) is 62.7 cm³/mol. The Kier molecular flexibility index (Phi) is 4.93. The van der Waals surface area contributed by atoms with Crippen LogP contribution in [-0.4, -0.2) is 29.1 Å². The Bertz CT molecular complexity index is 373. The van der Waals surface area contributed by atoms with Crippen molar-refractivity contribution in [3.63, 3.8) is 0 Å². The Hall–Kier alpha value is -1.41. The van der Waals surface area contributed by atoms with Crippen LogP contribution in [0.15, 0.2) is 10.8 Å². The number of nitrogens with zero attached hydrogens (tertiary/aromatic N) is 2. The van der Waals surface area contributed by atoms with Crippen LogP contribution in [0.1, 0.15) is 6.92 Å². The van der Waals surface area contributed by atoms with E-state index in [4.69, 9.17) is 10.6 Å². The van der Waals surface area contributed by atoms with E-state index in [9.17, 15) is 4.79 Å². The number of carbonyl (C=O) groups excluding carboxylic acids is 1. The highest BCUT2D eigenvalue weighted by Gasteiger charge is 2.09. The van der Waals surface area contributed by atoms with E-state index >= 15 is 0 Å². The zero-order chi connectivity index (χ0) is 12.0. The van der Waals surface area contributed by atoms with E-state index < -0.39 is 0 Å². The van der Waals surface area contributed by atoms with Crippen molar-refractivity contribution in [2.24, 2.45) is 5.84 Å². The molecule has 0 fully saturated rings. The predicted octanol–water partition coefficient (Wildman–Crippen LogP) is 0.500. The molecule has 0 spiro atoms. The molecule has 1 aromatic heterocycles. The van der Waals surface area contributed by atoms with Gasteiger partial charge in [0.2, 0.25) is 0 Å². The van der Waals surface area contributed by atoms with Crippen molar-refractivity contribution in [2.75, 3.05) is 23.9 Å². The molecule has 0 radical (unpaired) electrons. The summed E-state index contributed by atoms with van der Waals surface area (Å²) >= 11 is 3.25. The first-order valence-corrected chi connectivity index (χ1v) is 5.35. The van der Waals surface area contributed by atoms with Gasteiger partial charge < -0.3 is 15.5 Å². The minimum absolute atomic E-state index is 0.0352. The van der Waals surface area contributed by atoms with Gasteiger partial charge in [0.25, 0.3) is 0 Å². The van der Waals surface area contributed by atoms with Crippen molar-refractivity contribution >= 4 is 33.5 Å².